The lowest BCUT2D eigenvalue weighted by Gasteiger charge is -2.03. The van der Waals surface area contributed by atoms with E-state index in [1.807, 2.05) is 26.0 Å². The number of aliphatic imine (C=N–C) groups is 1. The molecule has 0 aromatic carbocycles. The Morgan fingerprint density at radius 3 is 2.27 bits per heavy atom. The largest absolute Gasteiger partial charge is 0.259 e. The van der Waals surface area contributed by atoms with E-state index in [2.05, 4.69) is 25.4 Å². The molecule has 0 saturated heterocycles. The third-order valence-electron chi connectivity index (χ3n) is 1.25. The van der Waals surface area contributed by atoms with Gasteiger partial charge in [0.1, 0.15) is 0 Å². The highest BCUT2D eigenvalue weighted by molar-refractivity contribution is 5.96. The fourth-order valence-corrected chi connectivity index (χ4v) is 0.750. The highest BCUT2D eigenvalue weighted by Crippen LogP contribution is 2.02. The average Bonchev–Trinajstić information content (AvgIpc) is 1.86. The topological polar surface area (TPSA) is 12.4 Å². The zero-order chi connectivity index (χ0) is 8.85. The highest BCUT2D eigenvalue weighted by atomic mass is 14.7. The molecule has 0 saturated carbocycles. The first-order chi connectivity index (χ1) is 5.07. The van der Waals surface area contributed by atoms with Crippen LogP contribution in [0.25, 0.3) is 0 Å². The molecular formula is C10H17N. The van der Waals surface area contributed by atoms with Gasteiger partial charge in [0.05, 0.1) is 0 Å². The van der Waals surface area contributed by atoms with E-state index >= 15 is 0 Å². The molecule has 1 nitrogen and oxygen atoms in total. The van der Waals surface area contributed by atoms with Crippen molar-refractivity contribution in [2.45, 2.75) is 27.7 Å². The van der Waals surface area contributed by atoms with E-state index in [1.54, 1.807) is 0 Å². The molecule has 62 valence electrons. The van der Waals surface area contributed by atoms with Gasteiger partial charge in [-0.2, -0.15) is 0 Å². The van der Waals surface area contributed by atoms with E-state index in [1.165, 1.54) is 0 Å². The van der Waals surface area contributed by atoms with Crippen molar-refractivity contribution in [1.29, 1.82) is 0 Å². The molecular weight excluding hydrogens is 134 g/mol. The van der Waals surface area contributed by atoms with Crippen molar-refractivity contribution in [2.75, 3.05) is 0 Å². The van der Waals surface area contributed by atoms with Crippen LogP contribution in [0.15, 0.2) is 29.4 Å². The van der Waals surface area contributed by atoms with Gasteiger partial charge in [0, 0.05) is 11.4 Å². The molecule has 0 spiro atoms. The second-order valence-corrected chi connectivity index (χ2v) is 2.93. The van der Waals surface area contributed by atoms with Crippen LogP contribution in [0.3, 0.4) is 0 Å². The summed E-state index contributed by atoms with van der Waals surface area (Å²) in [5.41, 5.74) is 1.96. The monoisotopic (exact) mass is 151 g/mol. The van der Waals surface area contributed by atoms with E-state index in [9.17, 15) is 0 Å². The highest BCUT2D eigenvalue weighted by Gasteiger charge is 1.99. The van der Waals surface area contributed by atoms with Crippen LogP contribution >= 0.6 is 0 Å². The molecule has 0 N–H and O–H groups in total. The summed E-state index contributed by atoms with van der Waals surface area (Å²) in [6.07, 6.45) is 4.03. The molecule has 0 atom stereocenters. The zero-order valence-corrected chi connectivity index (χ0v) is 7.89. The van der Waals surface area contributed by atoms with Gasteiger partial charge in [-0.1, -0.05) is 26.5 Å². The molecule has 0 fully saturated rings. The molecule has 0 aliphatic carbocycles. The minimum atomic E-state index is 0.475. The van der Waals surface area contributed by atoms with E-state index in [0.717, 1.165) is 11.4 Å². The van der Waals surface area contributed by atoms with Crippen molar-refractivity contribution in [3.8, 4) is 0 Å². The van der Waals surface area contributed by atoms with E-state index in [-0.39, 0.29) is 0 Å². The molecule has 0 aliphatic rings. The minimum absolute atomic E-state index is 0.475. The van der Waals surface area contributed by atoms with Crippen LogP contribution in [0, 0.1) is 5.92 Å². The van der Waals surface area contributed by atoms with Gasteiger partial charge >= 0.3 is 0 Å². The predicted molar refractivity (Wildman–Crippen MR) is 51.9 cm³/mol. The Bertz CT molecular complexity index is 185. The molecule has 11 heavy (non-hydrogen) atoms. The Balaban J connectivity index is 4.46. The predicted octanol–water partition coefficient (Wildman–Crippen LogP) is 3.19. The summed E-state index contributed by atoms with van der Waals surface area (Å²) in [6.45, 7) is 11.9. The smallest absolute Gasteiger partial charge is 0.0428 e. The van der Waals surface area contributed by atoms with Gasteiger partial charge < -0.3 is 0 Å². The van der Waals surface area contributed by atoms with Gasteiger partial charge in [-0.15, -0.1) is 0 Å². The fourth-order valence-electron chi connectivity index (χ4n) is 0.750. The SMILES string of the molecule is C=C(C)N=C(/C=C\C)C(C)C. The summed E-state index contributed by atoms with van der Waals surface area (Å²) in [5.74, 6) is 0.475. The Morgan fingerprint density at radius 2 is 2.00 bits per heavy atom. The van der Waals surface area contributed by atoms with Crippen LogP contribution in [-0.4, -0.2) is 5.71 Å². The van der Waals surface area contributed by atoms with Crippen molar-refractivity contribution in [1.82, 2.24) is 0 Å². The van der Waals surface area contributed by atoms with Crippen LogP contribution in [0.5, 0.6) is 0 Å². The van der Waals surface area contributed by atoms with Crippen LogP contribution in [0.2, 0.25) is 0 Å². The van der Waals surface area contributed by atoms with Gasteiger partial charge in [-0.3, -0.25) is 4.99 Å². The maximum absolute atomic E-state index is 4.30. The van der Waals surface area contributed by atoms with Crippen molar-refractivity contribution in [3.05, 3.63) is 24.4 Å². The molecule has 0 aromatic heterocycles. The fraction of sp³-hybridized carbons (Fsp3) is 0.500. The van der Waals surface area contributed by atoms with Gasteiger partial charge in [0.2, 0.25) is 0 Å². The van der Waals surface area contributed by atoms with Crippen molar-refractivity contribution >= 4 is 5.71 Å². The normalized spacial score (nSPS) is 13.0. The van der Waals surface area contributed by atoms with Crippen LogP contribution in [0.1, 0.15) is 27.7 Å². The van der Waals surface area contributed by atoms with E-state index < -0.39 is 0 Å². The van der Waals surface area contributed by atoms with Gasteiger partial charge in [0.25, 0.3) is 0 Å². The van der Waals surface area contributed by atoms with Crippen molar-refractivity contribution < 1.29 is 0 Å². The maximum Gasteiger partial charge on any atom is 0.0428 e. The second kappa shape index (κ2) is 4.89. The molecule has 0 heterocycles. The number of hydrogen-bond donors (Lipinski definition) is 0. The third kappa shape index (κ3) is 4.54. The van der Waals surface area contributed by atoms with Crippen molar-refractivity contribution in [3.63, 3.8) is 0 Å². The molecule has 0 amide bonds. The molecule has 0 radical (unpaired) electrons. The summed E-state index contributed by atoms with van der Waals surface area (Å²) in [6, 6.07) is 0. The first-order valence-corrected chi connectivity index (χ1v) is 3.94. The molecule has 0 rings (SSSR count). The average molecular weight is 151 g/mol. The number of rotatable bonds is 3. The summed E-state index contributed by atoms with van der Waals surface area (Å²) in [4.78, 5) is 4.30. The first-order valence-electron chi connectivity index (χ1n) is 3.94. The number of hydrogen-bond acceptors (Lipinski definition) is 1. The van der Waals surface area contributed by atoms with Gasteiger partial charge in [0.15, 0.2) is 0 Å². The number of nitrogens with zero attached hydrogens (tertiary/aromatic N) is 1. The zero-order valence-electron chi connectivity index (χ0n) is 7.89. The lowest BCUT2D eigenvalue weighted by atomic mass is 10.1. The minimum Gasteiger partial charge on any atom is -0.259 e. The molecule has 0 aliphatic heterocycles. The second-order valence-electron chi connectivity index (χ2n) is 2.93. The lowest BCUT2D eigenvalue weighted by molar-refractivity contribution is 0.885. The van der Waals surface area contributed by atoms with Crippen LogP contribution in [0.4, 0.5) is 0 Å². The Hall–Kier alpha value is -0.850. The third-order valence-corrected chi connectivity index (χ3v) is 1.25. The van der Waals surface area contributed by atoms with Crippen molar-refractivity contribution in [2.24, 2.45) is 10.9 Å². The molecule has 0 aromatic rings. The molecule has 0 bridgehead atoms. The summed E-state index contributed by atoms with van der Waals surface area (Å²) < 4.78 is 0. The molecule has 1 heteroatoms. The first kappa shape index (κ1) is 10.2. The van der Waals surface area contributed by atoms with Gasteiger partial charge in [-0.25, -0.2) is 0 Å². The number of allylic oxidation sites excluding steroid dienone is 3. The van der Waals surface area contributed by atoms with Gasteiger partial charge in [-0.05, 0) is 25.8 Å². The lowest BCUT2D eigenvalue weighted by Crippen LogP contribution is -2.03. The summed E-state index contributed by atoms with van der Waals surface area (Å²) in [5, 5.41) is 0. The Labute approximate surface area is 69.5 Å². The summed E-state index contributed by atoms with van der Waals surface area (Å²) in [7, 11) is 0. The Kier molecular flexibility index (Phi) is 4.51. The Morgan fingerprint density at radius 1 is 1.45 bits per heavy atom. The molecule has 0 unspecified atom stereocenters. The van der Waals surface area contributed by atoms with E-state index in [4.69, 9.17) is 0 Å². The quantitative estimate of drug-likeness (QED) is 0.549. The standard InChI is InChI=1S/C10H17N/c1-6-7-10(8(2)3)11-9(4)5/h6-8H,4H2,1-3,5H3/b7-6-,11-10?. The summed E-state index contributed by atoms with van der Waals surface area (Å²) >= 11 is 0. The van der Waals surface area contributed by atoms with Crippen LogP contribution in [-0.2, 0) is 0 Å². The van der Waals surface area contributed by atoms with E-state index in [0.29, 0.717) is 5.92 Å². The van der Waals surface area contributed by atoms with Crippen LogP contribution < -0.4 is 0 Å². The maximum atomic E-state index is 4.30.